The minimum absolute atomic E-state index is 0.190. The molecule has 1 fully saturated rings. The quantitative estimate of drug-likeness (QED) is 0.848. The number of methoxy groups -OCH3 is 1. The van der Waals surface area contributed by atoms with Crippen molar-refractivity contribution in [2.24, 2.45) is 0 Å². The Morgan fingerprint density at radius 2 is 2.56 bits per heavy atom. The van der Waals surface area contributed by atoms with Crippen LogP contribution < -0.4 is 5.32 Å². The van der Waals surface area contributed by atoms with Crippen molar-refractivity contribution in [3.63, 3.8) is 0 Å². The van der Waals surface area contributed by atoms with Gasteiger partial charge in [0.1, 0.15) is 5.54 Å². The Morgan fingerprint density at radius 3 is 3.11 bits per heavy atom. The number of nitrogens with one attached hydrogen (secondary N) is 1. The molecular formula is C12H18ClN3O2. The molecule has 0 saturated heterocycles. The standard InChI is InChI=1S/C12H18ClN3O2/c1-3-14-12(11(17)18-2)5-4-10(6-12)16-8-9(13)7-15-16/h7-8,10,14H,3-6H2,1-2H3. The zero-order valence-corrected chi connectivity index (χ0v) is 11.4. The Bertz CT molecular complexity index is 435. The van der Waals surface area contributed by atoms with Crippen LogP contribution in [0.4, 0.5) is 0 Å². The van der Waals surface area contributed by atoms with E-state index in [1.54, 1.807) is 12.4 Å². The van der Waals surface area contributed by atoms with Crippen molar-refractivity contribution in [3.05, 3.63) is 17.4 Å². The summed E-state index contributed by atoms with van der Waals surface area (Å²) < 4.78 is 6.76. The van der Waals surface area contributed by atoms with Gasteiger partial charge in [0, 0.05) is 6.20 Å². The van der Waals surface area contributed by atoms with E-state index in [0.717, 1.165) is 19.4 Å². The summed E-state index contributed by atoms with van der Waals surface area (Å²) in [6, 6.07) is 0.190. The largest absolute Gasteiger partial charge is 0.468 e. The molecule has 18 heavy (non-hydrogen) atoms. The Labute approximate surface area is 111 Å². The van der Waals surface area contributed by atoms with Crippen LogP contribution in [0.2, 0.25) is 5.02 Å². The van der Waals surface area contributed by atoms with Gasteiger partial charge in [-0.15, -0.1) is 0 Å². The molecule has 0 aliphatic heterocycles. The Hall–Kier alpha value is -1.07. The summed E-state index contributed by atoms with van der Waals surface area (Å²) >= 11 is 5.87. The normalized spacial score (nSPS) is 27.4. The number of carbonyl (C=O) groups excluding carboxylic acids is 1. The van der Waals surface area contributed by atoms with Gasteiger partial charge >= 0.3 is 5.97 Å². The van der Waals surface area contributed by atoms with Gasteiger partial charge in [-0.3, -0.25) is 9.48 Å². The lowest BCUT2D eigenvalue weighted by Crippen LogP contribution is -2.50. The van der Waals surface area contributed by atoms with Gasteiger partial charge in [-0.1, -0.05) is 18.5 Å². The second-order valence-corrected chi connectivity index (χ2v) is 5.08. The molecule has 1 aromatic heterocycles. The summed E-state index contributed by atoms with van der Waals surface area (Å²) in [6.07, 6.45) is 5.75. The number of ether oxygens (including phenoxy) is 1. The zero-order valence-electron chi connectivity index (χ0n) is 10.6. The van der Waals surface area contributed by atoms with E-state index in [4.69, 9.17) is 16.3 Å². The lowest BCUT2D eigenvalue weighted by molar-refractivity contribution is -0.148. The Balaban J connectivity index is 2.15. The highest BCUT2D eigenvalue weighted by atomic mass is 35.5. The van der Waals surface area contributed by atoms with Crippen molar-refractivity contribution in [1.82, 2.24) is 15.1 Å². The molecule has 1 aliphatic carbocycles. The van der Waals surface area contributed by atoms with Gasteiger partial charge < -0.3 is 10.1 Å². The van der Waals surface area contributed by atoms with Crippen molar-refractivity contribution < 1.29 is 9.53 Å². The predicted octanol–water partition coefficient (Wildman–Crippen LogP) is 1.78. The number of halogens is 1. The number of hydrogen-bond acceptors (Lipinski definition) is 4. The van der Waals surface area contributed by atoms with Gasteiger partial charge in [0.05, 0.1) is 24.4 Å². The third kappa shape index (κ3) is 2.37. The average molecular weight is 272 g/mol. The molecule has 0 amide bonds. The minimum Gasteiger partial charge on any atom is -0.468 e. The summed E-state index contributed by atoms with van der Waals surface area (Å²) in [5.41, 5.74) is -0.577. The number of carbonyl (C=O) groups is 1. The molecule has 2 unspecified atom stereocenters. The van der Waals surface area contributed by atoms with E-state index < -0.39 is 5.54 Å². The highest BCUT2D eigenvalue weighted by Crippen LogP contribution is 2.38. The van der Waals surface area contributed by atoms with Gasteiger partial charge in [-0.25, -0.2) is 0 Å². The second kappa shape index (κ2) is 5.28. The smallest absolute Gasteiger partial charge is 0.326 e. The fourth-order valence-corrected chi connectivity index (χ4v) is 2.86. The molecule has 5 nitrogen and oxygen atoms in total. The van der Waals surface area contributed by atoms with Crippen molar-refractivity contribution in [3.8, 4) is 0 Å². The van der Waals surface area contributed by atoms with Crippen LogP contribution in [0.25, 0.3) is 0 Å². The Kier molecular flexibility index (Phi) is 3.92. The number of esters is 1. The first kappa shape index (κ1) is 13.4. The molecule has 1 aliphatic rings. The summed E-state index contributed by atoms with van der Waals surface area (Å²) in [7, 11) is 1.43. The topological polar surface area (TPSA) is 56.1 Å². The highest BCUT2D eigenvalue weighted by molar-refractivity contribution is 6.30. The van der Waals surface area contributed by atoms with E-state index in [2.05, 4.69) is 10.4 Å². The van der Waals surface area contributed by atoms with Crippen LogP contribution in [0, 0.1) is 0 Å². The van der Waals surface area contributed by atoms with Crippen LogP contribution in [0.15, 0.2) is 12.4 Å². The maximum absolute atomic E-state index is 12.0. The molecule has 0 radical (unpaired) electrons. The molecule has 2 atom stereocenters. The van der Waals surface area contributed by atoms with Gasteiger partial charge in [-0.05, 0) is 25.8 Å². The molecular weight excluding hydrogens is 254 g/mol. The highest BCUT2D eigenvalue weighted by Gasteiger charge is 2.46. The maximum Gasteiger partial charge on any atom is 0.326 e. The number of aromatic nitrogens is 2. The SMILES string of the molecule is CCNC1(C(=O)OC)CCC(n2cc(Cl)cn2)C1. The van der Waals surface area contributed by atoms with Gasteiger partial charge in [0.25, 0.3) is 0 Å². The molecule has 2 rings (SSSR count). The first-order valence-electron chi connectivity index (χ1n) is 6.14. The van der Waals surface area contributed by atoms with Crippen LogP contribution in [0.1, 0.15) is 32.2 Å². The van der Waals surface area contributed by atoms with E-state index in [1.165, 1.54) is 7.11 Å². The summed E-state index contributed by atoms with van der Waals surface area (Å²) in [5.74, 6) is -0.190. The number of nitrogens with zero attached hydrogens (tertiary/aromatic N) is 2. The monoisotopic (exact) mass is 271 g/mol. The molecule has 0 spiro atoms. The third-order valence-electron chi connectivity index (χ3n) is 3.52. The van der Waals surface area contributed by atoms with Crippen LogP contribution in [-0.2, 0) is 9.53 Å². The third-order valence-corrected chi connectivity index (χ3v) is 3.72. The van der Waals surface area contributed by atoms with Gasteiger partial charge in [-0.2, -0.15) is 5.10 Å². The van der Waals surface area contributed by atoms with E-state index >= 15 is 0 Å². The van der Waals surface area contributed by atoms with Gasteiger partial charge in [0.15, 0.2) is 0 Å². The molecule has 0 bridgehead atoms. The van der Waals surface area contributed by atoms with E-state index in [1.807, 2.05) is 11.6 Å². The van der Waals surface area contributed by atoms with E-state index in [-0.39, 0.29) is 12.0 Å². The summed E-state index contributed by atoms with van der Waals surface area (Å²) in [4.78, 5) is 12.0. The molecule has 100 valence electrons. The lowest BCUT2D eigenvalue weighted by atomic mass is 9.97. The predicted molar refractivity (Wildman–Crippen MR) is 68.5 cm³/mol. The van der Waals surface area contributed by atoms with Crippen molar-refractivity contribution in [2.45, 2.75) is 37.8 Å². The van der Waals surface area contributed by atoms with Crippen molar-refractivity contribution >= 4 is 17.6 Å². The lowest BCUT2D eigenvalue weighted by Gasteiger charge is -2.27. The van der Waals surface area contributed by atoms with E-state index in [9.17, 15) is 4.79 Å². The number of hydrogen-bond donors (Lipinski definition) is 1. The van der Waals surface area contributed by atoms with Crippen molar-refractivity contribution in [1.29, 1.82) is 0 Å². The first-order valence-corrected chi connectivity index (χ1v) is 6.52. The Morgan fingerprint density at radius 1 is 1.78 bits per heavy atom. The van der Waals surface area contributed by atoms with Gasteiger partial charge in [0.2, 0.25) is 0 Å². The average Bonchev–Trinajstić information content (AvgIpc) is 2.96. The molecule has 0 aromatic carbocycles. The fourth-order valence-electron chi connectivity index (χ4n) is 2.71. The molecule has 1 aromatic rings. The van der Waals surface area contributed by atoms with Crippen molar-refractivity contribution in [2.75, 3.05) is 13.7 Å². The van der Waals surface area contributed by atoms with E-state index in [0.29, 0.717) is 11.4 Å². The second-order valence-electron chi connectivity index (χ2n) is 4.64. The maximum atomic E-state index is 12.0. The summed E-state index contributed by atoms with van der Waals surface area (Å²) in [6.45, 7) is 2.73. The zero-order chi connectivity index (χ0) is 13.2. The molecule has 1 heterocycles. The summed E-state index contributed by atoms with van der Waals surface area (Å²) in [5, 5.41) is 8.10. The van der Waals surface area contributed by atoms with Crippen LogP contribution >= 0.6 is 11.6 Å². The molecule has 1 N–H and O–H groups in total. The first-order chi connectivity index (χ1) is 8.61. The van der Waals surface area contributed by atoms with Crippen LogP contribution in [0.3, 0.4) is 0 Å². The van der Waals surface area contributed by atoms with Crippen LogP contribution in [-0.4, -0.2) is 34.9 Å². The number of rotatable bonds is 4. The molecule has 6 heteroatoms. The minimum atomic E-state index is -0.577. The molecule has 1 saturated carbocycles. The van der Waals surface area contributed by atoms with Crippen LogP contribution in [0.5, 0.6) is 0 Å². The fraction of sp³-hybridized carbons (Fsp3) is 0.667. The number of likely N-dealkylation sites (N-methyl/N-ethyl adjacent to an activating group) is 1.